The lowest BCUT2D eigenvalue weighted by molar-refractivity contribution is -0.165. The minimum absolute atomic E-state index is 0.0892. The van der Waals surface area contributed by atoms with Crippen LogP contribution in [0.25, 0.3) is 22.0 Å². The second kappa shape index (κ2) is 12.4. The van der Waals surface area contributed by atoms with E-state index in [1.165, 1.54) is 12.1 Å². The summed E-state index contributed by atoms with van der Waals surface area (Å²) in [5.41, 5.74) is 5.74. The van der Waals surface area contributed by atoms with E-state index in [2.05, 4.69) is 15.0 Å². The molecule has 0 bridgehead atoms. The molecule has 0 radical (unpaired) electrons. The van der Waals surface area contributed by atoms with Gasteiger partial charge in [-0.1, -0.05) is 17.3 Å². The summed E-state index contributed by atoms with van der Waals surface area (Å²) in [5, 5.41) is 4.38. The molecule has 9 nitrogen and oxygen atoms in total. The van der Waals surface area contributed by atoms with Gasteiger partial charge < -0.3 is 24.5 Å². The molecule has 0 spiro atoms. The molecule has 4 aromatic rings. The number of nitrogens with two attached hydrogens (primary N) is 1. The van der Waals surface area contributed by atoms with Crippen LogP contribution >= 0.6 is 0 Å². The van der Waals surface area contributed by atoms with Gasteiger partial charge in [0.15, 0.2) is 23.0 Å². The zero-order valence-corrected chi connectivity index (χ0v) is 24.5. The molecular weight excluding hydrogens is 596 g/mol. The highest BCUT2D eigenvalue weighted by Gasteiger charge is 2.67. The van der Waals surface area contributed by atoms with E-state index in [9.17, 15) is 18.0 Å². The number of aromatic nitrogens is 2. The van der Waals surface area contributed by atoms with Gasteiger partial charge >= 0.3 is 6.18 Å². The van der Waals surface area contributed by atoms with Crippen LogP contribution in [0.3, 0.4) is 0 Å². The Kier molecular flexibility index (Phi) is 8.51. The Bertz CT molecular complexity index is 1700. The summed E-state index contributed by atoms with van der Waals surface area (Å²) in [7, 11) is 1.56. The lowest BCUT2D eigenvalue weighted by Crippen LogP contribution is -2.38. The van der Waals surface area contributed by atoms with Crippen molar-refractivity contribution in [1.29, 1.82) is 0 Å². The molecule has 2 aromatic carbocycles. The van der Waals surface area contributed by atoms with Crippen molar-refractivity contribution in [1.82, 2.24) is 15.0 Å². The summed E-state index contributed by atoms with van der Waals surface area (Å²) in [4.78, 5) is 19.6. The van der Waals surface area contributed by atoms with Crippen LogP contribution in [0.15, 0.2) is 53.2 Å². The second-order valence-corrected chi connectivity index (χ2v) is 11.3. The number of benzene rings is 2. The molecule has 0 amide bonds. The fraction of sp³-hybridized carbons (Fsp3) is 0.406. The molecule has 13 heteroatoms. The molecular formula is C32H32F4N4O5. The number of pyridine rings is 1. The zero-order valence-electron chi connectivity index (χ0n) is 24.5. The minimum Gasteiger partial charge on any atom is -0.493 e. The average molecular weight is 629 g/mol. The Balaban J connectivity index is 1.14. The maximum atomic E-state index is 15.2. The van der Waals surface area contributed by atoms with Crippen LogP contribution in [0.5, 0.6) is 11.5 Å². The number of hydrogen-bond acceptors (Lipinski definition) is 9. The topological polar surface area (TPSA) is 113 Å². The van der Waals surface area contributed by atoms with Crippen LogP contribution in [-0.2, 0) is 21.4 Å². The number of hydrogen-bond donors (Lipinski definition) is 1. The molecule has 1 atom stereocenters. The predicted molar refractivity (Wildman–Crippen MR) is 156 cm³/mol. The van der Waals surface area contributed by atoms with Crippen molar-refractivity contribution in [2.75, 3.05) is 46.6 Å². The predicted octanol–water partition coefficient (Wildman–Crippen LogP) is 5.15. The lowest BCUT2D eigenvalue weighted by atomic mass is 9.97. The molecule has 2 aromatic heterocycles. The highest BCUT2D eigenvalue weighted by atomic mass is 19.4. The summed E-state index contributed by atoms with van der Waals surface area (Å²) >= 11 is 0. The first-order valence-corrected chi connectivity index (χ1v) is 14.6. The summed E-state index contributed by atoms with van der Waals surface area (Å²) < 4.78 is 77.3. The van der Waals surface area contributed by atoms with Crippen LogP contribution in [0, 0.1) is 5.82 Å². The first-order valence-electron chi connectivity index (χ1n) is 14.6. The molecule has 2 aliphatic rings. The van der Waals surface area contributed by atoms with Gasteiger partial charge in [-0.05, 0) is 42.2 Å². The molecule has 2 N–H and O–H groups in total. The van der Waals surface area contributed by atoms with E-state index in [0.717, 1.165) is 31.1 Å². The normalized spacial score (nSPS) is 17.3. The maximum Gasteiger partial charge on any atom is 0.401 e. The Labute approximate surface area is 256 Å². The third kappa shape index (κ3) is 6.37. The Hall–Kier alpha value is -4.07. The van der Waals surface area contributed by atoms with Crippen molar-refractivity contribution in [3.63, 3.8) is 0 Å². The number of nitrogens with zero attached hydrogens (tertiary/aromatic N) is 3. The van der Waals surface area contributed by atoms with Crippen LogP contribution in [-0.4, -0.2) is 73.6 Å². The molecule has 1 saturated heterocycles. The number of morpholine rings is 1. The molecule has 238 valence electrons. The maximum absolute atomic E-state index is 15.2. The van der Waals surface area contributed by atoms with Crippen LogP contribution < -0.4 is 15.2 Å². The molecule has 1 aliphatic heterocycles. The van der Waals surface area contributed by atoms with Gasteiger partial charge in [0, 0.05) is 55.3 Å². The molecule has 6 rings (SSSR count). The molecule has 3 heterocycles. The van der Waals surface area contributed by atoms with Gasteiger partial charge in [-0.15, -0.1) is 0 Å². The van der Waals surface area contributed by atoms with Crippen molar-refractivity contribution >= 4 is 16.7 Å². The Morgan fingerprint density at radius 3 is 2.56 bits per heavy atom. The number of Topliss-reactive ketones (excluding diaryl/α,β-unsaturated/α-hetero) is 1. The third-order valence-corrected chi connectivity index (χ3v) is 8.44. The number of rotatable bonds is 11. The molecule has 2 fully saturated rings. The van der Waals surface area contributed by atoms with Crippen molar-refractivity contribution in [3.8, 4) is 22.6 Å². The van der Waals surface area contributed by atoms with Gasteiger partial charge in [-0.3, -0.25) is 14.7 Å². The summed E-state index contributed by atoms with van der Waals surface area (Å²) in [5.74, 6) is -0.487. The smallest absolute Gasteiger partial charge is 0.401 e. The van der Waals surface area contributed by atoms with Gasteiger partial charge in [-0.25, -0.2) is 4.39 Å². The van der Waals surface area contributed by atoms with E-state index < -0.39 is 29.2 Å². The fourth-order valence-electron chi connectivity index (χ4n) is 5.46. The zero-order chi connectivity index (χ0) is 31.8. The van der Waals surface area contributed by atoms with Crippen LogP contribution in [0.4, 0.5) is 17.6 Å². The summed E-state index contributed by atoms with van der Waals surface area (Å²) in [6, 6.07) is 9.64. The monoisotopic (exact) mass is 628 g/mol. The van der Waals surface area contributed by atoms with Gasteiger partial charge in [-0.2, -0.15) is 13.2 Å². The number of ether oxygens (including phenoxy) is 3. The van der Waals surface area contributed by atoms with Gasteiger partial charge in [0.1, 0.15) is 29.6 Å². The number of carbonyl (C=O) groups is 1. The van der Waals surface area contributed by atoms with E-state index in [-0.39, 0.29) is 36.3 Å². The first-order chi connectivity index (χ1) is 21.6. The van der Waals surface area contributed by atoms with Crippen molar-refractivity contribution in [2.45, 2.75) is 36.9 Å². The van der Waals surface area contributed by atoms with Gasteiger partial charge in [0.05, 0.1) is 25.8 Å². The van der Waals surface area contributed by atoms with E-state index >= 15 is 4.39 Å². The van der Waals surface area contributed by atoms with Gasteiger partial charge in [0.2, 0.25) is 0 Å². The number of carbonyl (C=O) groups excluding carboxylic acids is 1. The number of halogens is 4. The first kappa shape index (κ1) is 30.9. The SMILES string of the molecule is COc1cc2ncc(-c3ccc(CC(=O)C(N)c4cc(C5(C(F)(F)F)CC5)on4)c(F)c3)cc2cc1OCCN1CCOCC1. The highest BCUT2D eigenvalue weighted by Crippen LogP contribution is 2.59. The summed E-state index contributed by atoms with van der Waals surface area (Å²) in [6.45, 7) is 4.35. The van der Waals surface area contributed by atoms with E-state index in [1.807, 2.05) is 12.1 Å². The average Bonchev–Trinajstić information content (AvgIpc) is 3.72. The number of methoxy groups -OCH3 is 1. The van der Waals surface area contributed by atoms with Crippen molar-refractivity contribution in [2.24, 2.45) is 5.73 Å². The molecule has 1 saturated carbocycles. The van der Waals surface area contributed by atoms with E-state index in [0.29, 0.717) is 48.0 Å². The molecule has 1 unspecified atom stereocenters. The lowest BCUT2D eigenvalue weighted by Gasteiger charge is -2.26. The van der Waals surface area contributed by atoms with Crippen molar-refractivity contribution in [3.05, 3.63) is 71.5 Å². The van der Waals surface area contributed by atoms with Crippen LogP contribution in [0.2, 0.25) is 0 Å². The van der Waals surface area contributed by atoms with Crippen molar-refractivity contribution < 1.29 is 41.1 Å². The number of ketones is 1. The van der Waals surface area contributed by atoms with E-state index in [1.54, 1.807) is 25.4 Å². The number of alkyl halides is 3. The van der Waals surface area contributed by atoms with Crippen LogP contribution in [0.1, 0.15) is 35.9 Å². The quantitative estimate of drug-likeness (QED) is 0.225. The van der Waals surface area contributed by atoms with Gasteiger partial charge in [0.25, 0.3) is 0 Å². The standard InChI is InChI=1S/C32H32F4N4O5/c1-42-27-16-24-21(15-28(27)44-11-8-40-6-9-43-10-7-40)12-22(18-38-24)19-2-3-20(23(33)13-19)14-26(41)30(37)25-17-29(45-39-25)31(4-5-31)32(34,35)36/h2-3,12-13,15-18,30H,4-11,14,37H2,1H3. The Morgan fingerprint density at radius 1 is 1.09 bits per heavy atom. The highest BCUT2D eigenvalue weighted by molar-refractivity contribution is 5.88. The molecule has 1 aliphatic carbocycles. The van der Waals surface area contributed by atoms with E-state index in [4.69, 9.17) is 24.5 Å². The number of fused-ring (bicyclic) bond motifs is 1. The fourth-order valence-corrected chi connectivity index (χ4v) is 5.46. The Morgan fingerprint density at radius 2 is 1.87 bits per heavy atom. The largest absolute Gasteiger partial charge is 0.493 e. The summed E-state index contributed by atoms with van der Waals surface area (Å²) in [6.07, 6.45) is -3.48. The second-order valence-electron chi connectivity index (χ2n) is 11.3. The molecule has 45 heavy (non-hydrogen) atoms. The third-order valence-electron chi connectivity index (χ3n) is 8.44. The minimum atomic E-state index is -4.49.